The predicted octanol–water partition coefficient (Wildman–Crippen LogP) is 4.73. The monoisotopic (exact) mass is 291 g/mol. The number of nitrogens with zero attached hydrogens (tertiary/aromatic N) is 1. The highest BCUT2D eigenvalue weighted by molar-refractivity contribution is 5.85. The molecule has 0 spiro atoms. The van der Waals surface area contributed by atoms with Crippen LogP contribution in [-0.4, -0.2) is 4.57 Å². The van der Waals surface area contributed by atoms with Gasteiger partial charge in [-0.25, -0.2) is 0 Å². The Morgan fingerprint density at radius 3 is 2.27 bits per heavy atom. The maximum Gasteiger partial charge on any atom is 0.263 e. The van der Waals surface area contributed by atoms with Gasteiger partial charge in [0.15, 0.2) is 0 Å². The zero-order valence-electron chi connectivity index (χ0n) is 13.6. The maximum absolute atomic E-state index is 13.2. The van der Waals surface area contributed by atoms with Gasteiger partial charge >= 0.3 is 0 Å². The van der Waals surface area contributed by atoms with Crippen LogP contribution in [0.3, 0.4) is 0 Å². The molecule has 22 heavy (non-hydrogen) atoms. The van der Waals surface area contributed by atoms with Crippen molar-refractivity contribution in [2.75, 3.05) is 0 Å². The second-order valence-corrected chi connectivity index (χ2v) is 6.19. The molecule has 0 aliphatic heterocycles. The molecule has 0 saturated carbocycles. The van der Waals surface area contributed by atoms with Crippen LogP contribution < -0.4 is 5.56 Å². The Kier molecular flexibility index (Phi) is 3.61. The fraction of sp³-hybridized carbons (Fsp3) is 0.250. The Morgan fingerprint density at radius 2 is 1.59 bits per heavy atom. The van der Waals surface area contributed by atoms with E-state index in [4.69, 9.17) is 0 Å². The second-order valence-electron chi connectivity index (χ2n) is 6.19. The van der Waals surface area contributed by atoms with Crippen LogP contribution in [0.5, 0.6) is 0 Å². The normalized spacial score (nSPS) is 11.3. The number of fused-ring (bicyclic) bond motifs is 1. The van der Waals surface area contributed by atoms with E-state index in [9.17, 15) is 4.79 Å². The van der Waals surface area contributed by atoms with Crippen molar-refractivity contribution in [2.45, 2.75) is 33.6 Å². The Labute approximate surface area is 131 Å². The van der Waals surface area contributed by atoms with Crippen molar-refractivity contribution in [3.05, 3.63) is 75.7 Å². The van der Waals surface area contributed by atoms with Gasteiger partial charge < -0.3 is 0 Å². The summed E-state index contributed by atoms with van der Waals surface area (Å²) in [4.78, 5) is 13.2. The minimum Gasteiger partial charge on any atom is -0.280 e. The molecule has 112 valence electrons. The lowest BCUT2D eigenvalue weighted by Crippen LogP contribution is -2.24. The highest BCUT2D eigenvalue weighted by atomic mass is 16.1. The zero-order chi connectivity index (χ0) is 15.9. The summed E-state index contributed by atoms with van der Waals surface area (Å²) in [5.41, 5.74) is 4.24. The van der Waals surface area contributed by atoms with Gasteiger partial charge in [-0.3, -0.25) is 9.36 Å². The molecule has 0 amide bonds. The van der Waals surface area contributed by atoms with Crippen LogP contribution in [0.25, 0.3) is 16.5 Å². The van der Waals surface area contributed by atoms with Crippen LogP contribution in [0.15, 0.2) is 53.3 Å². The van der Waals surface area contributed by atoms with Crippen LogP contribution in [0.4, 0.5) is 0 Å². The van der Waals surface area contributed by atoms with Crippen LogP contribution >= 0.6 is 0 Å². The first-order chi connectivity index (χ1) is 10.5. The first kappa shape index (κ1) is 14.6. The quantitative estimate of drug-likeness (QED) is 0.669. The van der Waals surface area contributed by atoms with Crippen molar-refractivity contribution in [2.24, 2.45) is 0 Å². The lowest BCUT2D eigenvalue weighted by Gasteiger charge is -2.19. The molecule has 0 aliphatic carbocycles. The lowest BCUT2D eigenvalue weighted by molar-refractivity contribution is 0.763. The first-order valence-electron chi connectivity index (χ1n) is 7.72. The zero-order valence-corrected chi connectivity index (χ0v) is 13.6. The second kappa shape index (κ2) is 5.45. The standard InChI is InChI=1S/C20H21NO/c1-13(2)18-12-16-10-7-9-15(4)19(16)20(22)21(18)17-11-6-5-8-14(17)3/h5-13H,1-4H3. The topological polar surface area (TPSA) is 22.0 Å². The van der Waals surface area contributed by atoms with Crippen molar-refractivity contribution < 1.29 is 0 Å². The molecular weight excluding hydrogens is 270 g/mol. The van der Waals surface area contributed by atoms with Gasteiger partial charge in [-0.1, -0.05) is 50.2 Å². The first-order valence-corrected chi connectivity index (χ1v) is 7.72. The SMILES string of the molecule is Cc1ccccc1-n1c(C(C)C)cc2cccc(C)c2c1=O. The minimum atomic E-state index is 0.0774. The third-order valence-electron chi connectivity index (χ3n) is 4.23. The number of pyridine rings is 1. The number of aromatic nitrogens is 1. The fourth-order valence-electron chi connectivity index (χ4n) is 3.04. The summed E-state index contributed by atoms with van der Waals surface area (Å²) in [6.45, 7) is 8.31. The molecule has 2 nitrogen and oxygen atoms in total. The molecule has 0 radical (unpaired) electrons. The van der Waals surface area contributed by atoms with Crippen LogP contribution in [0, 0.1) is 13.8 Å². The molecule has 0 saturated heterocycles. The minimum absolute atomic E-state index is 0.0774. The molecule has 0 N–H and O–H groups in total. The van der Waals surface area contributed by atoms with Gasteiger partial charge in [-0.05, 0) is 48.4 Å². The van der Waals surface area contributed by atoms with Crippen LogP contribution in [0.2, 0.25) is 0 Å². The van der Waals surface area contributed by atoms with Crippen molar-refractivity contribution in [1.29, 1.82) is 0 Å². The van der Waals surface area contributed by atoms with Crippen molar-refractivity contribution in [3.8, 4) is 5.69 Å². The van der Waals surface area contributed by atoms with Gasteiger partial charge in [-0.2, -0.15) is 0 Å². The number of hydrogen-bond donors (Lipinski definition) is 0. The fourth-order valence-corrected chi connectivity index (χ4v) is 3.04. The predicted molar refractivity (Wildman–Crippen MR) is 93.1 cm³/mol. The highest BCUT2D eigenvalue weighted by Crippen LogP contribution is 2.24. The molecule has 0 aliphatic rings. The van der Waals surface area contributed by atoms with Gasteiger partial charge in [0.05, 0.1) is 11.1 Å². The van der Waals surface area contributed by atoms with Gasteiger partial charge in [0.25, 0.3) is 5.56 Å². The van der Waals surface area contributed by atoms with Crippen LogP contribution in [0.1, 0.15) is 36.6 Å². The third kappa shape index (κ3) is 2.25. The molecule has 2 aromatic carbocycles. The molecule has 3 rings (SSSR count). The number of hydrogen-bond acceptors (Lipinski definition) is 1. The summed E-state index contributed by atoms with van der Waals surface area (Å²) in [7, 11) is 0. The maximum atomic E-state index is 13.2. The number of aryl methyl sites for hydroxylation is 2. The molecule has 1 aromatic heterocycles. The van der Waals surface area contributed by atoms with E-state index < -0.39 is 0 Å². The number of benzene rings is 2. The molecule has 0 unspecified atom stereocenters. The van der Waals surface area contributed by atoms with E-state index in [-0.39, 0.29) is 11.5 Å². The molecular formula is C20H21NO. The van der Waals surface area contributed by atoms with Gasteiger partial charge in [-0.15, -0.1) is 0 Å². The van der Waals surface area contributed by atoms with E-state index >= 15 is 0 Å². The van der Waals surface area contributed by atoms with Crippen molar-refractivity contribution >= 4 is 10.8 Å². The van der Waals surface area contributed by atoms with E-state index in [1.165, 1.54) is 0 Å². The summed E-state index contributed by atoms with van der Waals surface area (Å²) in [5, 5.41) is 1.84. The van der Waals surface area contributed by atoms with Crippen molar-refractivity contribution in [1.82, 2.24) is 4.57 Å². The highest BCUT2D eigenvalue weighted by Gasteiger charge is 2.15. The number of rotatable bonds is 2. The van der Waals surface area contributed by atoms with Crippen molar-refractivity contribution in [3.63, 3.8) is 0 Å². The summed E-state index contributed by atoms with van der Waals surface area (Å²) in [5.74, 6) is 0.275. The Hall–Kier alpha value is -2.35. The van der Waals surface area contributed by atoms with E-state index in [1.807, 2.05) is 60.9 Å². The lowest BCUT2D eigenvalue weighted by atomic mass is 10.0. The number of para-hydroxylation sites is 1. The smallest absolute Gasteiger partial charge is 0.263 e. The Morgan fingerprint density at radius 1 is 0.909 bits per heavy atom. The molecule has 3 aromatic rings. The van der Waals surface area contributed by atoms with E-state index in [1.54, 1.807) is 0 Å². The van der Waals surface area contributed by atoms with Crippen LogP contribution in [-0.2, 0) is 0 Å². The molecule has 0 fully saturated rings. The molecule has 2 heteroatoms. The summed E-state index contributed by atoms with van der Waals surface area (Å²) < 4.78 is 1.88. The Balaban J connectivity index is 2.50. The summed E-state index contributed by atoms with van der Waals surface area (Å²) in [6, 6.07) is 16.3. The van der Waals surface area contributed by atoms with E-state index in [0.29, 0.717) is 0 Å². The van der Waals surface area contributed by atoms with Gasteiger partial charge in [0.2, 0.25) is 0 Å². The van der Waals surface area contributed by atoms with E-state index in [0.717, 1.165) is 33.3 Å². The van der Waals surface area contributed by atoms with E-state index in [2.05, 4.69) is 19.9 Å². The summed E-state index contributed by atoms with van der Waals surface area (Å²) >= 11 is 0. The molecule has 0 atom stereocenters. The Bertz CT molecular complexity index is 903. The largest absolute Gasteiger partial charge is 0.280 e. The van der Waals surface area contributed by atoms with Gasteiger partial charge in [0, 0.05) is 5.69 Å². The van der Waals surface area contributed by atoms with Gasteiger partial charge in [0.1, 0.15) is 0 Å². The molecule has 1 heterocycles. The average molecular weight is 291 g/mol. The summed E-state index contributed by atoms with van der Waals surface area (Å²) in [6.07, 6.45) is 0. The third-order valence-corrected chi connectivity index (χ3v) is 4.23. The average Bonchev–Trinajstić information content (AvgIpc) is 2.48. The molecule has 0 bridgehead atoms.